The van der Waals surface area contributed by atoms with Crippen LogP contribution in [0.3, 0.4) is 0 Å². The number of carbonyl (C=O) groups excluding carboxylic acids is 3. The third-order valence-corrected chi connectivity index (χ3v) is 13.1. The van der Waals surface area contributed by atoms with Gasteiger partial charge in [0, 0.05) is 19.3 Å². The maximum Gasteiger partial charge on any atom is 0.306 e. The van der Waals surface area contributed by atoms with Gasteiger partial charge in [-0.15, -0.1) is 0 Å². The van der Waals surface area contributed by atoms with Crippen LogP contribution in [0.2, 0.25) is 0 Å². The summed E-state index contributed by atoms with van der Waals surface area (Å²) in [6.45, 7) is 6.51. The van der Waals surface area contributed by atoms with Gasteiger partial charge in [-0.2, -0.15) is 0 Å². The van der Waals surface area contributed by atoms with Crippen molar-refractivity contribution < 1.29 is 28.6 Å². The lowest BCUT2D eigenvalue weighted by molar-refractivity contribution is -0.167. The number of esters is 3. The number of rotatable bonds is 54. The number of unbranched alkanes of at least 4 members (excludes halogenated alkanes) is 35. The molecular weight excluding hydrogens is 841 g/mol. The summed E-state index contributed by atoms with van der Waals surface area (Å²) in [7, 11) is 0. The highest BCUT2D eigenvalue weighted by Crippen LogP contribution is 2.17. The van der Waals surface area contributed by atoms with Crippen molar-refractivity contribution in [3.63, 3.8) is 0 Å². The van der Waals surface area contributed by atoms with Gasteiger partial charge in [-0.1, -0.05) is 281 Å². The molecule has 0 radical (unpaired) electrons. The van der Waals surface area contributed by atoms with Gasteiger partial charge in [0.05, 0.1) is 0 Å². The van der Waals surface area contributed by atoms with Crippen LogP contribution < -0.4 is 0 Å². The van der Waals surface area contributed by atoms with Crippen LogP contribution in [0.1, 0.15) is 310 Å². The van der Waals surface area contributed by atoms with Crippen molar-refractivity contribution in [3.05, 3.63) is 48.6 Å². The lowest BCUT2D eigenvalue weighted by Crippen LogP contribution is -2.30. The van der Waals surface area contributed by atoms with E-state index in [2.05, 4.69) is 69.4 Å². The molecule has 0 bridgehead atoms. The second kappa shape index (κ2) is 57.0. The van der Waals surface area contributed by atoms with Gasteiger partial charge in [-0.05, 0) is 57.8 Å². The third-order valence-electron chi connectivity index (χ3n) is 13.1. The van der Waals surface area contributed by atoms with Crippen LogP contribution in [0.25, 0.3) is 0 Å². The first-order valence-corrected chi connectivity index (χ1v) is 29.6. The van der Waals surface area contributed by atoms with Crippen molar-refractivity contribution in [1.82, 2.24) is 0 Å². The second-order valence-electron chi connectivity index (χ2n) is 19.9. The van der Waals surface area contributed by atoms with Crippen molar-refractivity contribution in [2.75, 3.05) is 13.2 Å². The number of carbonyl (C=O) groups is 3. The molecule has 0 saturated carbocycles. The largest absolute Gasteiger partial charge is 0.462 e. The SMILES string of the molecule is CC/C=C\C/C=C\C/C=C\C/C=C\CCCCCCCCCCCCCCC(=O)OCC(COC(=O)CCCCCCCC)OC(=O)CCCCCCCCCCCCCCCCCCCCC. The van der Waals surface area contributed by atoms with Gasteiger partial charge in [-0.3, -0.25) is 14.4 Å². The molecule has 0 N–H and O–H groups in total. The van der Waals surface area contributed by atoms with E-state index in [0.29, 0.717) is 19.3 Å². The van der Waals surface area contributed by atoms with Gasteiger partial charge in [0.15, 0.2) is 6.10 Å². The molecule has 0 rings (SSSR count). The average molecular weight is 954 g/mol. The Morgan fingerprint density at radius 2 is 0.574 bits per heavy atom. The molecule has 0 aromatic carbocycles. The standard InChI is InChI=1S/C62H112O6/c1-4-7-10-13-16-18-20-22-24-26-28-29-30-31-32-33-35-36-38-40-42-44-46-49-52-55-61(64)67-58-59(57-66-60(63)54-51-48-15-12-9-6-3)68-62(65)56-53-50-47-45-43-41-39-37-34-27-25-23-21-19-17-14-11-8-5-2/h7,10,16,18,22,24,28-29,59H,4-6,8-9,11-15,17,19-21,23,25-27,30-58H2,1-3H3/b10-7-,18-16-,24-22-,29-28-. The molecule has 0 aromatic heterocycles. The van der Waals surface area contributed by atoms with E-state index in [1.54, 1.807) is 0 Å². The van der Waals surface area contributed by atoms with Crippen LogP contribution in [0, 0.1) is 0 Å². The van der Waals surface area contributed by atoms with Crippen LogP contribution >= 0.6 is 0 Å². The Morgan fingerprint density at radius 1 is 0.309 bits per heavy atom. The Balaban J connectivity index is 4.08. The molecule has 0 saturated heterocycles. The molecule has 0 aliphatic rings. The minimum Gasteiger partial charge on any atom is -0.462 e. The fraction of sp³-hybridized carbons (Fsp3) is 0.823. The van der Waals surface area contributed by atoms with E-state index in [1.807, 2.05) is 0 Å². The summed E-state index contributed by atoms with van der Waals surface area (Å²) in [5, 5.41) is 0. The van der Waals surface area contributed by atoms with Crippen LogP contribution in [0.5, 0.6) is 0 Å². The summed E-state index contributed by atoms with van der Waals surface area (Å²) in [5.41, 5.74) is 0. The lowest BCUT2D eigenvalue weighted by atomic mass is 10.0. The minimum absolute atomic E-state index is 0.0699. The first kappa shape index (κ1) is 65.4. The Morgan fingerprint density at radius 3 is 0.897 bits per heavy atom. The maximum atomic E-state index is 12.8. The monoisotopic (exact) mass is 953 g/mol. The molecule has 0 aliphatic heterocycles. The van der Waals surface area contributed by atoms with E-state index in [0.717, 1.165) is 83.5 Å². The zero-order valence-corrected chi connectivity index (χ0v) is 45.4. The molecule has 0 aromatic rings. The van der Waals surface area contributed by atoms with Gasteiger partial charge < -0.3 is 14.2 Å². The second-order valence-corrected chi connectivity index (χ2v) is 19.9. The van der Waals surface area contributed by atoms with Crippen molar-refractivity contribution in [3.8, 4) is 0 Å². The van der Waals surface area contributed by atoms with Gasteiger partial charge in [-0.25, -0.2) is 0 Å². The van der Waals surface area contributed by atoms with E-state index in [1.165, 1.54) is 186 Å². The van der Waals surface area contributed by atoms with Gasteiger partial charge in [0.2, 0.25) is 0 Å². The lowest BCUT2D eigenvalue weighted by Gasteiger charge is -2.18. The number of hydrogen-bond donors (Lipinski definition) is 0. The predicted molar refractivity (Wildman–Crippen MR) is 293 cm³/mol. The highest BCUT2D eigenvalue weighted by Gasteiger charge is 2.19. The normalized spacial score (nSPS) is 12.3. The first-order valence-electron chi connectivity index (χ1n) is 29.6. The van der Waals surface area contributed by atoms with Crippen molar-refractivity contribution >= 4 is 17.9 Å². The molecule has 68 heavy (non-hydrogen) atoms. The quantitative estimate of drug-likeness (QED) is 0.0262. The van der Waals surface area contributed by atoms with Crippen LogP contribution in [0.15, 0.2) is 48.6 Å². The van der Waals surface area contributed by atoms with Crippen molar-refractivity contribution in [2.45, 2.75) is 316 Å². The fourth-order valence-electron chi connectivity index (χ4n) is 8.67. The molecule has 1 atom stereocenters. The summed E-state index contributed by atoms with van der Waals surface area (Å²) in [4.78, 5) is 37.9. The van der Waals surface area contributed by atoms with E-state index in [4.69, 9.17) is 14.2 Å². The summed E-state index contributed by atoms with van der Waals surface area (Å²) < 4.78 is 16.8. The topological polar surface area (TPSA) is 78.9 Å². The van der Waals surface area contributed by atoms with E-state index < -0.39 is 6.10 Å². The number of allylic oxidation sites excluding steroid dienone is 8. The molecule has 396 valence electrons. The predicted octanol–water partition coefficient (Wildman–Crippen LogP) is 19.8. The molecule has 0 aliphatic carbocycles. The average Bonchev–Trinajstić information content (AvgIpc) is 3.34. The molecule has 6 heteroatoms. The molecule has 0 fully saturated rings. The zero-order chi connectivity index (χ0) is 49.3. The zero-order valence-electron chi connectivity index (χ0n) is 45.4. The summed E-state index contributed by atoms with van der Waals surface area (Å²) in [6, 6.07) is 0. The molecular formula is C62H112O6. The first-order chi connectivity index (χ1) is 33.5. The molecule has 0 spiro atoms. The summed E-state index contributed by atoms with van der Waals surface area (Å²) in [5.74, 6) is -0.865. The summed E-state index contributed by atoms with van der Waals surface area (Å²) in [6.07, 6.45) is 70.0. The van der Waals surface area contributed by atoms with Crippen LogP contribution in [-0.4, -0.2) is 37.2 Å². The smallest absolute Gasteiger partial charge is 0.306 e. The third kappa shape index (κ3) is 54.3. The van der Waals surface area contributed by atoms with Crippen LogP contribution in [0.4, 0.5) is 0 Å². The minimum atomic E-state index is -0.767. The number of hydrogen-bond acceptors (Lipinski definition) is 6. The van der Waals surface area contributed by atoms with Crippen LogP contribution in [-0.2, 0) is 28.6 Å². The fourth-order valence-corrected chi connectivity index (χ4v) is 8.67. The summed E-state index contributed by atoms with van der Waals surface area (Å²) >= 11 is 0. The molecule has 0 amide bonds. The maximum absolute atomic E-state index is 12.8. The molecule has 0 heterocycles. The Kier molecular flexibility index (Phi) is 54.8. The highest BCUT2D eigenvalue weighted by atomic mass is 16.6. The number of ether oxygens (including phenoxy) is 3. The Hall–Kier alpha value is -2.63. The van der Waals surface area contributed by atoms with Gasteiger partial charge in [0.1, 0.15) is 13.2 Å². The highest BCUT2D eigenvalue weighted by molar-refractivity contribution is 5.71. The van der Waals surface area contributed by atoms with E-state index in [-0.39, 0.29) is 31.1 Å². The van der Waals surface area contributed by atoms with Crippen molar-refractivity contribution in [1.29, 1.82) is 0 Å². The van der Waals surface area contributed by atoms with E-state index in [9.17, 15) is 14.4 Å². The molecule has 1 unspecified atom stereocenters. The van der Waals surface area contributed by atoms with Gasteiger partial charge in [0.25, 0.3) is 0 Å². The van der Waals surface area contributed by atoms with Crippen molar-refractivity contribution in [2.24, 2.45) is 0 Å². The van der Waals surface area contributed by atoms with Gasteiger partial charge >= 0.3 is 17.9 Å². The Bertz CT molecular complexity index is 1190. The molecule has 6 nitrogen and oxygen atoms in total. The Labute approximate surface area is 422 Å². The van der Waals surface area contributed by atoms with E-state index >= 15 is 0 Å².